The number of hydrogen-bond acceptors (Lipinski definition) is 3. The minimum Gasteiger partial charge on any atom is -0.872 e. The van der Waals surface area contributed by atoms with E-state index in [0.29, 0.717) is 16.7 Å². The Kier molecular flexibility index (Phi) is 2.98. The Morgan fingerprint density at radius 3 is 2.61 bits per heavy atom. The lowest BCUT2D eigenvalue weighted by atomic mass is 10.0. The second kappa shape index (κ2) is 4.60. The molecule has 0 radical (unpaired) electrons. The van der Waals surface area contributed by atoms with Gasteiger partial charge in [0.15, 0.2) is 0 Å². The van der Waals surface area contributed by atoms with Gasteiger partial charge in [-0.05, 0) is 29.3 Å². The van der Waals surface area contributed by atoms with Crippen LogP contribution in [-0.4, -0.2) is 11.1 Å². The maximum absolute atomic E-state index is 11.4. The number of carboxylic acids is 1. The first kappa shape index (κ1) is 11.7. The van der Waals surface area contributed by atoms with Crippen molar-refractivity contribution in [1.29, 1.82) is 5.26 Å². The molecule has 88 valence electrons. The third-order valence-electron chi connectivity index (χ3n) is 2.48. The maximum Gasteiger partial charge on any atom is 0.335 e. The van der Waals surface area contributed by atoms with Gasteiger partial charge in [-0.2, -0.15) is 5.26 Å². The molecule has 0 saturated carbocycles. The maximum atomic E-state index is 11.4. The van der Waals surface area contributed by atoms with Crippen molar-refractivity contribution in [2.75, 3.05) is 0 Å². The zero-order valence-electron chi connectivity index (χ0n) is 9.25. The fourth-order valence-corrected chi connectivity index (χ4v) is 1.66. The number of carboxylic acid groups (broad SMARTS) is 1. The molecule has 0 aliphatic heterocycles. The number of nitrogens with zero attached hydrogens (tertiary/aromatic N) is 1. The zero-order chi connectivity index (χ0) is 13.1. The highest BCUT2D eigenvalue weighted by Gasteiger charge is 2.06. The highest BCUT2D eigenvalue weighted by Crippen LogP contribution is 2.25. The molecular formula is C14H8NO3-. The third kappa shape index (κ3) is 2.30. The third-order valence-corrected chi connectivity index (χ3v) is 2.48. The van der Waals surface area contributed by atoms with E-state index in [0.717, 1.165) is 6.07 Å². The van der Waals surface area contributed by atoms with Gasteiger partial charge in [-0.25, -0.2) is 4.79 Å². The Balaban J connectivity index is 2.57. The molecule has 2 rings (SSSR count). The lowest BCUT2D eigenvalue weighted by Gasteiger charge is -2.10. The molecule has 18 heavy (non-hydrogen) atoms. The van der Waals surface area contributed by atoms with Crippen LogP contribution in [0.3, 0.4) is 0 Å². The van der Waals surface area contributed by atoms with E-state index >= 15 is 0 Å². The van der Waals surface area contributed by atoms with E-state index in [9.17, 15) is 9.90 Å². The number of benzene rings is 2. The van der Waals surface area contributed by atoms with Crippen molar-refractivity contribution in [2.45, 2.75) is 0 Å². The second-order valence-corrected chi connectivity index (χ2v) is 3.74. The summed E-state index contributed by atoms with van der Waals surface area (Å²) in [6, 6.07) is 12.5. The molecule has 0 saturated heterocycles. The number of nitriles is 1. The van der Waals surface area contributed by atoms with E-state index in [-0.39, 0.29) is 11.3 Å². The average molecular weight is 238 g/mol. The van der Waals surface area contributed by atoms with Gasteiger partial charge in [-0.3, -0.25) is 0 Å². The monoisotopic (exact) mass is 238 g/mol. The van der Waals surface area contributed by atoms with Gasteiger partial charge < -0.3 is 10.2 Å². The van der Waals surface area contributed by atoms with Crippen LogP contribution in [0.5, 0.6) is 5.75 Å². The van der Waals surface area contributed by atoms with Crippen molar-refractivity contribution in [3.63, 3.8) is 0 Å². The van der Waals surface area contributed by atoms with E-state index in [1.165, 1.54) is 12.1 Å². The van der Waals surface area contributed by atoms with Crippen LogP contribution in [-0.2, 0) is 0 Å². The molecule has 0 aliphatic carbocycles. The van der Waals surface area contributed by atoms with Crippen LogP contribution in [0.2, 0.25) is 0 Å². The fraction of sp³-hybridized carbons (Fsp3) is 0. The Labute approximate surface area is 103 Å². The van der Waals surface area contributed by atoms with E-state index in [4.69, 9.17) is 10.4 Å². The molecule has 0 unspecified atom stereocenters. The summed E-state index contributed by atoms with van der Waals surface area (Å²) in [6.45, 7) is 0. The minimum atomic E-state index is -1.15. The summed E-state index contributed by atoms with van der Waals surface area (Å²) in [5.74, 6) is -1.52. The first-order valence-electron chi connectivity index (χ1n) is 5.16. The van der Waals surface area contributed by atoms with E-state index < -0.39 is 5.97 Å². The van der Waals surface area contributed by atoms with E-state index in [2.05, 4.69) is 0 Å². The Morgan fingerprint density at radius 1 is 1.17 bits per heavy atom. The molecule has 4 nitrogen and oxygen atoms in total. The predicted octanol–water partition coefficient (Wildman–Crippen LogP) is 2.00. The smallest absolute Gasteiger partial charge is 0.335 e. The molecule has 0 aromatic heterocycles. The normalized spacial score (nSPS) is 9.72. The summed E-state index contributed by atoms with van der Waals surface area (Å²) in [4.78, 5) is 10.9. The summed E-state index contributed by atoms with van der Waals surface area (Å²) in [7, 11) is 0. The van der Waals surface area contributed by atoms with Crippen LogP contribution < -0.4 is 5.11 Å². The van der Waals surface area contributed by atoms with Gasteiger partial charge in [0, 0.05) is 0 Å². The van der Waals surface area contributed by atoms with Gasteiger partial charge in [0.2, 0.25) is 0 Å². The Morgan fingerprint density at radius 2 is 1.94 bits per heavy atom. The van der Waals surface area contributed by atoms with Crippen molar-refractivity contribution in [3.8, 4) is 22.9 Å². The number of carbonyl (C=O) groups is 1. The molecule has 2 aromatic carbocycles. The number of rotatable bonds is 2. The number of aromatic carboxylic acids is 1. The molecule has 0 bridgehead atoms. The van der Waals surface area contributed by atoms with Gasteiger partial charge in [-0.1, -0.05) is 24.3 Å². The lowest BCUT2D eigenvalue weighted by Crippen LogP contribution is -1.99. The van der Waals surface area contributed by atoms with Crippen LogP contribution >= 0.6 is 0 Å². The molecular weight excluding hydrogens is 230 g/mol. The summed E-state index contributed by atoms with van der Waals surface area (Å²) < 4.78 is 0. The molecule has 0 heterocycles. The standard InChI is InChI=1S/C14H9NO3/c15-8-9-2-1-3-10(4-9)11-5-12(14(17)18)7-13(16)6-11/h1-7,16H,(H,17,18)/p-1. The van der Waals surface area contributed by atoms with Crippen molar-refractivity contribution < 1.29 is 15.0 Å². The van der Waals surface area contributed by atoms with Crippen molar-refractivity contribution in [3.05, 3.63) is 53.6 Å². The van der Waals surface area contributed by atoms with Crippen molar-refractivity contribution in [2.24, 2.45) is 0 Å². The molecule has 0 spiro atoms. The van der Waals surface area contributed by atoms with Crippen LogP contribution in [0.1, 0.15) is 15.9 Å². The Bertz CT molecular complexity index is 656. The summed E-state index contributed by atoms with van der Waals surface area (Å²) >= 11 is 0. The van der Waals surface area contributed by atoms with Crippen LogP contribution in [0, 0.1) is 11.3 Å². The quantitative estimate of drug-likeness (QED) is 0.867. The van der Waals surface area contributed by atoms with Gasteiger partial charge in [0.25, 0.3) is 0 Å². The molecule has 0 aliphatic rings. The van der Waals surface area contributed by atoms with Gasteiger partial charge in [0.1, 0.15) is 0 Å². The Hall–Kier alpha value is -2.80. The highest BCUT2D eigenvalue weighted by atomic mass is 16.4. The predicted molar refractivity (Wildman–Crippen MR) is 63.0 cm³/mol. The van der Waals surface area contributed by atoms with Crippen LogP contribution in [0.25, 0.3) is 11.1 Å². The van der Waals surface area contributed by atoms with E-state index in [1.807, 2.05) is 6.07 Å². The largest absolute Gasteiger partial charge is 0.872 e. The number of hydrogen-bond donors (Lipinski definition) is 1. The molecule has 4 heteroatoms. The first-order valence-corrected chi connectivity index (χ1v) is 5.16. The molecule has 0 amide bonds. The summed E-state index contributed by atoms with van der Waals surface area (Å²) in [6.07, 6.45) is 0. The van der Waals surface area contributed by atoms with Crippen LogP contribution in [0.4, 0.5) is 0 Å². The SMILES string of the molecule is N#Cc1cccc(-c2cc([O-])cc(C(=O)O)c2)c1. The molecule has 0 atom stereocenters. The van der Waals surface area contributed by atoms with Crippen LogP contribution in [0.15, 0.2) is 42.5 Å². The molecule has 1 N–H and O–H groups in total. The average Bonchev–Trinajstić information content (AvgIpc) is 2.38. The molecule has 2 aromatic rings. The second-order valence-electron chi connectivity index (χ2n) is 3.74. The van der Waals surface area contributed by atoms with Gasteiger partial charge in [0.05, 0.1) is 17.2 Å². The lowest BCUT2D eigenvalue weighted by molar-refractivity contribution is -0.268. The highest BCUT2D eigenvalue weighted by molar-refractivity contribution is 5.90. The fourth-order valence-electron chi connectivity index (χ4n) is 1.66. The zero-order valence-corrected chi connectivity index (χ0v) is 9.25. The molecule has 0 fully saturated rings. The van der Waals surface area contributed by atoms with Crippen molar-refractivity contribution in [1.82, 2.24) is 0 Å². The first-order chi connectivity index (χ1) is 8.60. The van der Waals surface area contributed by atoms with Gasteiger partial charge in [-0.15, -0.1) is 5.75 Å². The van der Waals surface area contributed by atoms with E-state index in [1.54, 1.807) is 24.3 Å². The topological polar surface area (TPSA) is 84.1 Å². The minimum absolute atomic E-state index is 0.0557. The van der Waals surface area contributed by atoms with Crippen molar-refractivity contribution >= 4 is 5.97 Å². The summed E-state index contributed by atoms with van der Waals surface area (Å²) in [5, 5.41) is 29.1. The summed E-state index contributed by atoms with van der Waals surface area (Å²) in [5.41, 5.74) is 1.55. The van der Waals surface area contributed by atoms with Gasteiger partial charge >= 0.3 is 5.97 Å².